The van der Waals surface area contributed by atoms with E-state index in [-0.39, 0.29) is 0 Å². The van der Waals surface area contributed by atoms with Crippen molar-refractivity contribution in [1.82, 2.24) is 9.55 Å². The van der Waals surface area contributed by atoms with Crippen LogP contribution in [0.25, 0.3) is 0 Å². The quantitative estimate of drug-likeness (QED) is 0.849. The van der Waals surface area contributed by atoms with Crippen molar-refractivity contribution in [3.05, 3.63) is 42.5 Å². The summed E-state index contributed by atoms with van der Waals surface area (Å²) in [5.74, 6) is 0. The highest BCUT2D eigenvalue weighted by Gasteiger charge is 2.17. The Morgan fingerprint density at radius 2 is 2.10 bits per heavy atom. The molecular formula is C17H23N3S. The lowest BCUT2D eigenvalue weighted by atomic mass is 10.3. The summed E-state index contributed by atoms with van der Waals surface area (Å²) in [5, 5.41) is 4.38. The Morgan fingerprint density at radius 3 is 2.90 bits per heavy atom. The third-order valence-corrected chi connectivity index (χ3v) is 5.50. The van der Waals surface area contributed by atoms with E-state index in [0.717, 1.165) is 18.3 Å². The fraction of sp³-hybridized carbons (Fsp3) is 0.471. The van der Waals surface area contributed by atoms with E-state index in [1.807, 2.05) is 24.3 Å². The van der Waals surface area contributed by atoms with Crippen molar-refractivity contribution in [2.75, 3.05) is 5.32 Å². The summed E-state index contributed by atoms with van der Waals surface area (Å²) in [5.41, 5.74) is 2.48. The number of aryl methyl sites for hydroxylation is 1. The lowest BCUT2D eigenvalue weighted by Crippen LogP contribution is -2.07. The first-order valence-corrected chi connectivity index (χ1v) is 8.73. The van der Waals surface area contributed by atoms with Crippen molar-refractivity contribution in [2.24, 2.45) is 0 Å². The molecule has 0 spiro atoms. The van der Waals surface area contributed by atoms with E-state index in [9.17, 15) is 0 Å². The molecule has 1 aromatic heterocycles. The summed E-state index contributed by atoms with van der Waals surface area (Å²) in [6, 6.07) is 8.67. The van der Waals surface area contributed by atoms with E-state index >= 15 is 0 Å². The molecule has 0 saturated heterocycles. The van der Waals surface area contributed by atoms with Crippen LogP contribution in [-0.2, 0) is 13.1 Å². The van der Waals surface area contributed by atoms with Gasteiger partial charge in [-0.1, -0.05) is 25.0 Å². The molecule has 4 heteroatoms. The topological polar surface area (TPSA) is 29.9 Å². The Labute approximate surface area is 131 Å². The number of hydrogen-bond acceptors (Lipinski definition) is 3. The number of aromatic nitrogens is 2. The Balaban J connectivity index is 1.67. The van der Waals surface area contributed by atoms with Crippen LogP contribution >= 0.6 is 11.8 Å². The van der Waals surface area contributed by atoms with Gasteiger partial charge in [-0.25, -0.2) is 4.98 Å². The second-order valence-corrected chi connectivity index (χ2v) is 6.89. The minimum Gasteiger partial charge on any atom is -0.379 e. The predicted octanol–water partition coefficient (Wildman–Crippen LogP) is 4.55. The number of nitrogens with one attached hydrogen (secondary N) is 1. The largest absolute Gasteiger partial charge is 0.379 e. The standard InChI is InChI=1S/C17H23N3S/c1-2-20-13-18-11-14(20)12-19-16-9-5-6-10-17(16)21-15-7-3-4-8-15/h5-6,9-11,13,15,19H,2-4,7-8,12H2,1H3. The Hall–Kier alpha value is -1.42. The van der Waals surface area contributed by atoms with Crippen LogP contribution in [0.3, 0.4) is 0 Å². The van der Waals surface area contributed by atoms with Gasteiger partial charge in [0.2, 0.25) is 0 Å². The number of hydrogen-bond donors (Lipinski definition) is 1. The Morgan fingerprint density at radius 1 is 1.29 bits per heavy atom. The fourth-order valence-corrected chi connectivity index (χ4v) is 4.22. The van der Waals surface area contributed by atoms with Crippen LogP contribution in [0.2, 0.25) is 0 Å². The first kappa shape index (κ1) is 14.5. The van der Waals surface area contributed by atoms with Gasteiger partial charge in [-0.05, 0) is 31.9 Å². The van der Waals surface area contributed by atoms with Crippen LogP contribution in [0.5, 0.6) is 0 Å². The van der Waals surface area contributed by atoms with Gasteiger partial charge in [0.25, 0.3) is 0 Å². The van der Waals surface area contributed by atoms with Crippen molar-refractivity contribution in [3.8, 4) is 0 Å². The molecule has 112 valence electrons. The van der Waals surface area contributed by atoms with Gasteiger partial charge >= 0.3 is 0 Å². The lowest BCUT2D eigenvalue weighted by Gasteiger charge is -2.15. The number of anilines is 1. The maximum Gasteiger partial charge on any atom is 0.0948 e. The highest BCUT2D eigenvalue weighted by Crippen LogP contribution is 2.38. The summed E-state index contributed by atoms with van der Waals surface area (Å²) < 4.78 is 2.18. The van der Waals surface area contributed by atoms with E-state index < -0.39 is 0 Å². The van der Waals surface area contributed by atoms with Gasteiger partial charge in [0.1, 0.15) is 0 Å². The zero-order valence-electron chi connectivity index (χ0n) is 12.6. The molecule has 1 fully saturated rings. The minimum atomic E-state index is 0.800. The van der Waals surface area contributed by atoms with Gasteiger partial charge in [-0.15, -0.1) is 11.8 Å². The third kappa shape index (κ3) is 3.62. The Kier molecular flexibility index (Phi) is 4.86. The molecule has 1 aliphatic carbocycles. The summed E-state index contributed by atoms with van der Waals surface area (Å²) >= 11 is 2.04. The molecule has 0 unspecified atom stereocenters. The predicted molar refractivity (Wildman–Crippen MR) is 89.8 cm³/mol. The fourth-order valence-electron chi connectivity index (χ4n) is 2.87. The van der Waals surface area contributed by atoms with Crippen molar-refractivity contribution in [1.29, 1.82) is 0 Å². The maximum absolute atomic E-state index is 4.23. The van der Waals surface area contributed by atoms with Crippen LogP contribution in [0.1, 0.15) is 38.3 Å². The molecule has 3 rings (SSSR count). The number of imidazole rings is 1. The Bertz CT molecular complexity index is 573. The molecule has 0 amide bonds. The van der Waals surface area contributed by atoms with Gasteiger partial charge in [-0.2, -0.15) is 0 Å². The second-order valence-electron chi connectivity index (χ2n) is 5.55. The summed E-state index contributed by atoms with van der Waals surface area (Å²) in [7, 11) is 0. The second kappa shape index (κ2) is 7.03. The molecule has 1 aromatic carbocycles. The third-order valence-electron chi connectivity index (χ3n) is 4.08. The van der Waals surface area contributed by atoms with Gasteiger partial charge in [0, 0.05) is 28.6 Å². The summed E-state index contributed by atoms with van der Waals surface area (Å²) in [4.78, 5) is 5.61. The normalized spacial score (nSPS) is 15.5. The SMILES string of the molecule is CCn1cncc1CNc1ccccc1SC1CCCC1. The molecule has 1 N–H and O–H groups in total. The molecule has 1 aliphatic rings. The first-order chi connectivity index (χ1) is 10.4. The van der Waals surface area contributed by atoms with Crippen molar-refractivity contribution < 1.29 is 0 Å². The zero-order chi connectivity index (χ0) is 14.5. The average Bonchev–Trinajstić information content (AvgIpc) is 3.17. The number of benzene rings is 1. The summed E-state index contributed by atoms with van der Waals surface area (Å²) in [6.07, 6.45) is 9.36. The maximum atomic E-state index is 4.23. The van der Waals surface area contributed by atoms with Crippen LogP contribution in [0.4, 0.5) is 5.69 Å². The highest BCUT2D eigenvalue weighted by atomic mass is 32.2. The van der Waals surface area contributed by atoms with Crippen LogP contribution < -0.4 is 5.32 Å². The molecule has 1 heterocycles. The van der Waals surface area contributed by atoms with E-state index in [2.05, 4.69) is 46.1 Å². The number of thioether (sulfide) groups is 1. The van der Waals surface area contributed by atoms with E-state index in [4.69, 9.17) is 0 Å². The van der Waals surface area contributed by atoms with Gasteiger partial charge < -0.3 is 9.88 Å². The molecule has 21 heavy (non-hydrogen) atoms. The van der Waals surface area contributed by atoms with E-state index in [0.29, 0.717) is 0 Å². The molecule has 0 radical (unpaired) electrons. The van der Waals surface area contributed by atoms with E-state index in [1.165, 1.54) is 42.0 Å². The van der Waals surface area contributed by atoms with E-state index in [1.54, 1.807) is 0 Å². The molecular weight excluding hydrogens is 278 g/mol. The molecule has 0 bridgehead atoms. The molecule has 3 nitrogen and oxygen atoms in total. The minimum absolute atomic E-state index is 0.800. The zero-order valence-corrected chi connectivity index (χ0v) is 13.4. The highest BCUT2D eigenvalue weighted by molar-refractivity contribution is 8.00. The molecule has 0 atom stereocenters. The molecule has 1 saturated carbocycles. The summed E-state index contributed by atoms with van der Waals surface area (Å²) in [6.45, 7) is 3.95. The molecule has 0 aliphatic heterocycles. The molecule has 2 aromatic rings. The number of nitrogens with zero attached hydrogens (tertiary/aromatic N) is 2. The lowest BCUT2D eigenvalue weighted by molar-refractivity contribution is 0.719. The van der Waals surface area contributed by atoms with Gasteiger partial charge in [0.05, 0.1) is 18.6 Å². The van der Waals surface area contributed by atoms with Crippen LogP contribution in [-0.4, -0.2) is 14.8 Å². The first-order valence-electron chi connectivity index (χ1n) is 7.85. The average molecular weight is 301 g/mol. The van der Waals surface area contributed by atoms with Crippen molar-refractivity contribution in [2.45, 2.75) is 55.8 Å². The smallest absolute Gasteiger partial charge is 0.0948 e. The van der Waals surface area contributed by atoms with Crippen molar-refractivity contribution in [3.63, 3.8) is 0 Å². The monoisotopic (exact) mass is 301 g/mol. The van der Waals surface area contributed by atoms with Crippen LogP contribution in [0, 0.1) is 0 Å². The van der Waals surface area contributed by atoms with Gasteiger partial charge in [-0.3, -0.25) is 0 Å². The van der Waals surface area contributed by atoms with Gasteiger partial charge in [0.15, 0.2) is 0 Å². The van der Waals surface area contributed by atoms with Crippen LogP contribution in [0.15, 0.2) is 41.7 Å². The number of rotatable bonds is 6. The van der Waals surface area contributed by atoms with Crippen molar-refractivity contribution >= 4 is 17.4 Å². The number of para-hydroxylation sites is 1.